The third-order valence-corrected chi connectivity index (χ3v) is 4.42. The molecule has 20 heavy (non-hydrogen) atoms. The molecular weight excluding hydrogens is 274 g/mol. The van der Waals surface area contributed by atoms with Gasteiger partial charge in [0.15, 0.2) is 0 Å². The van der Waals surface area contributed by atoms with Crippen molar-refractivity contribution in [1.29, 1.82) is 0 Å². The van der Waals surface area contributed by atoms with E-state index in [0.29, 0.717) is 12.2 Å². The molecule has 0 atom stereocenters. The standard InChI is InChI=1S/C14H19N3O2S/c1-3-4-10-15-20(18,19)13-11-17(2)16-14(13)12-8-6-5-7-9-12/h5-9,11,15H,3-4,10H2,1-2H3. The summed E-state index contributed by atoms with van der Waals surface area (Å²) >= 11 is 0. The van der Waals surface area contributed by atoms with Crippen molar-refractivity contribution < 1.29 is 8.42 Å². The largest absolute Gasteiger partial charge is 0.274 e. The van der Waals surface area contributed by atoms with Gasteiger partial charge < -0.3 is 0 Å². The first kappa shape index (κ1) is 14.7. The van der Waals surface area contributed by atoms with Gasteiger partial charge in [0, 0.05) is 25.4 Å². The lowest BCUT2D eigenvalue weighted by Crippen LogP contribution is -2.24. The van der Waals surface area contributed by atoms with Gasteiger partial charge in [-0.25, -0.2) is 13.1 Å². The average Bonchev–Trinajstić information content (AvgIpc) is 2.83. The maximum atomic E-state index is 12.4. The predicted octanol–water partition coefficient (Wildman–Crippen LogP) is 2.17. The van der Waals surface area contributed by atoms with Crippen molar-refractivity contribution in [3.05, 3.63) is 36.5 Å². The first-order chi connectivity index (χ1) is 9.54. The molecule has 0 fully saturated rings. The van der Waals surface area contributed by atoms with Gasteiger partial charge >= 0.3 is 0 Å². The molecule has 108 valence electrons. The number of sulfonamides is 1. The topological polar surface area (TPSA) is 64.0 Å². The molecule has 2 aromatic rings. The number of aromatic nitrogens is 2. The van der Waals surface area contributed by atoms with Crippen LogP contribution in [0.4, 0.5) is 0 Å². The summed E-state index contributed by atoms with van der Waals surface area (Å²) in [6, 6.07) is 9.33. The van der Waals surface area contributed by atoms with Gasteiger partial charge in [-0.05, 0) is 6.42 Å². The molecule has 0 saturated carbocycles. The smallest absolute Gasteiger partial charge is 0.244 e. The van der Waals surface area contributed by atoms with Crippen molar-refractivity contribution in [2.24, 2.45) is 7.05 Å². The van der Waals surface area contributed by atoms with E-state index in [0.717, 1.165) is 18.4 Å². The normalized spacial score (nSPS) is 11.7. The quantitative estimate of drug-likeness (QED) is 0.830. The summed E-state index contributed by atoms with van der Waals surface area (Å²) in [7, 11) is -1.80. The molecule has 1 N–H and O–H groups in total. The van der Waals surface area contributed by atoms with Crippen LogP contribution in [0.3, 0.4) is 0 Å². The first-order valence-electron chi connectivity index (χ1n) is 6.63. The Morgan fingerprint density at radius 3 is 2.60 bits per heavy atom. The van der Waals surface area contributed by atoms with Crippen LogP contribution in [0.15, 0.2) is 41.4 Å². The fraction of sp³-hybridized carbons (Fsp3) is 0.357. The maximum Gasteiger partial charge on any atom is 0.244 e. The van der Waals surface area contributed by atoms with Crippen molar-refractivity contribution in [1.82, 2.24) is 14.5 Å². The molecule has 1 heterocycles. The third-order valence-electron chi connectivity index (χ3n) is 2.95. The lowest BCUT2D eigenvalue weighted by atomic mass is 10.2. The molecule has 1 aromatic heterocycles. The van der Waals surface area contributed by atoms with E-state index in [4.69, 9.17) is 0 Å². The second-order valence-electron chi connectivity index (χ2n) is 4.63. The van der Waals surface area contributed by atoms with Crippen LogP contribution in [0.1, 0.15) is 19.8 Å². The Kier molecular flexibility index (Phi) is 4.57. The Hall–Kier alpha value is -1.66. The zero-order valence-electron chi connectivity index (χ0n) is 11.7. The van der Waals surface area contributed by atoms with Crippen molar-refractivity contribution in [3.8, 4) is 11.3 Å². The number of hydrogen-bond acceptors (Lipinski definition) is 3. The number of benzene rings is 1. The van der Waals surface area contributed by atoms with E-state index in [1.807, 2.05) is 37.3 Å². The summed E-state index contributed by atoms with van der Waals surface area (Å²) in [4.78, 5) is 0.224. The summed E-state index contributed by atoms with van der Waals surface area (Å²) in [6.45, 7) is 2.47. The van der Waals surface area contributed by atoms with Crippen LogP contribution in [0.25, 0.3) is 11.3 Å². The van der Waals surface area contributed by atoms with Gasteiger partial charge in [0.05, 0.1) is 0 Å². The fourth-order valence-corrected chi connectivity index (χ4v) is 3.19. The molecule has 2 rings (SSSR count). The fourth-order valence-electron chi connectivity index (χ4n) is 1.92. The monoisotopic (exact) mass is 293 g/mol. The Balaban J connectivity index is 2.38. The van der Waals surface area contributed by atoms with Crippen molar-refractivity contribution in [2.75, 3.05) is 6.54 Å². The summed E-state index contributed by atoms with van der Waals surface area (Å²) in [5, 5.41) is 4.27. The molecular formula is C14H19N3O2S. The molecule has 0 aliphatic rings. The number of aryl methyl sites for hydroxylation is 1. The van der Waals surface area contributed by atoms with E-state index in [1.165, 1.54) is 10.9 Å². The van der Waals surface area contributed by atoms with E-state index in [-0.39, 0.29) is 4.90 Å². The Morgan fingerprint density at radius 2 is 1.95 bits per heavy atom. The number of unbranched alkanes of at least 4 members (excludes halogenated alkanes) is 1. The van der Waals surface area contributed by atoms with E-state index < -0.39 is 10.0 Å². The molecule has 0 aliphatic carbocycles. The molecule has 1 aromatic carbocycles. The van der Waals surface area contributed by atoms with Crippen LogP contribution in [0.2, 0.25) is 0 Å². The summed E-state index contributed by atoms with van der Waals surface area (Å²) < 4.78 is 28.8. The summed E-state index contributed by atoms with van der Waals surface area (Å²) in [5.74, 6) is 0. The van der Waals surface area contributed by atoms with Crippen molar-refractivity contribution in [2.45, 2.75) is 24.7 Å². The second kappa shape index (κ2) is 6.19. The highest BCUT2D eigenvalue weighted by Crippen LogP contribution is 2.25. The van der Waals surface area contributed by atoms with Crippen molar-refractivity contribution >= 4 is 10.0 Å². The van der Waals surface area contributed by atoms with Gasteiger partial charge in [0.2, 0.25) is 10.0 Å². The molecule has 5 nitrogen and oxygen atoms in total. The van der Waals surface area contributed by atoms with Crippen LogP contribution < -0.4 is 4.72 Å². The number of hydrogen-bond donors (Lipinski definition) is 1. The third kappa shape index (κ3) is 3.26. The van der Waals surface area contributed by atoms with Crippen molar-refractivity contribution in [3.63, 3.8) is 0 Å². The highest BCUT2D eigenvalue weighted by molar-refractivity contribution is 7.89. The predicted molar refractivity (Wildman–Crippen MR) is 78.7 cm³/mol. The van der Waals surface area contributed by atoms with Crippen LogP contribution in [-0.2, 0) is 17.1 Å². The van der Waals surface area contributed by atoms with Crippen LogP contribution in [-0.4, -0.2) is 24.7 Å². The van der Waals surface area contributed by atoms with Crippen LogP contribution in [0, 0.1) is 0 Å². The Labute approximate surface area is 119 Å². The first-order valence-corrected chi connectivity index (χ1v) is 8.11. The molecule has 0 bridgehead atoms. The molecule has 0 saturated heterocycles. The maximum absolute atomic E-state index is 12.4. The molecule has 6 heteroatoms. The van der Waals surface area contributed by atoms with Gasteiger partial charge in [-0.15, -0.1) is 0 Å². The molecule has 0 amide bonds. The van der Waals surface area contributed by atoms with Gasteiger partial charge in [-0.2, -0.15) is 5.10 Å². The number of rotatable bonds is 6. The van der Waals surface area contributed by atoms with Gasteiger partial charge in [0.25, 0.3) is 0 Å². The van der Waals surface area contributed by atoms with E-state index in [1.54, 1.807) is 7.05 Å². The summed E-state index contributed by atoms with van der Waals surface area (Å²) in [6.07, 6.45) is 3.30. The van der Waals surface area contributed by atoms with E-state index in [9.17, 15) is 8.42 Å². The summed E-state index contributed by atoms with van der Waals surface area (Å²) in [5.41, 5.74) is 1.28. The average molecular weight is 293 g/mol. The highest BCUT2D eigenvalue weighted by Gasteiger charge is 2.22. The lowest BCUT2D eigenvalue weighted by Gasteiger charge is -2.06. The minimum absolute atomic E-state index is 0.224. The SMILES string of the molecule is CCCCNS(=O)(=O)c1cn(C)nc1-c1ccccc1. The van der Waals surface area contributed by atoms with Crippen LogP contribution >= 0.6 is 0 Å². The highest BCUT2D eigenvalue weighted by atomic mass is 32.2. The van der Waals surface area contributed by atoms with Gasteiger partial charge in [-0.1, -0.05) is 43.7 Å². The number of nitrogens with one attached hydrogen (secondary N) is 1. The molecule has 0 unspecified atom stereocenters. The van der Waals surface area contributed by atoms with Gasteiger partial charge in [-0.3, -0.25) is 4.68 Å². The molecule has 0 radical (unpaired) electrons. The molecule has 0 aliphatic heterocycles. The minimum atomic E-state index is -3.52. The zero-order chi connectivity index (χ0) is 14.6. The number of nitrogens with zero attached hydrogens (tertiary/aromatic N) is 2. The lowest BCUT2D eigenvalue weighted by molar-refractivity contribution is 0.578. The van der Waals surface area contributed by atoms with E-state index in [2.05, 4.69) is 9.82 Å². The minimum Gasteiger partial charge on any atom is -0.274 e. The zero-order valence-corrected chi connectivity index (χ0v) is 12.5. The van der Waals surface area contributed by atoms with Crippen LogP contribution in [0.5, 0.6) is 0 Å². The van der Waals surface area contributed by atoms with Gasteiger partial charge in [0.1, 0.15) is 10.6 Å². The Bertz CT molecular complexity index is 663. The Morgan fingerprint density at radius 1 is 1.25 bits per heavy atom. The second-order valence-corrected chi connectivity index (χ2v) is 6.37. The van der Waals surface area contributed by atoms with E-state index >= 15 is 0 Å². The molecule has 0 spiro atoms.